The average molecular weight is 246 g/mol. The highest BCUT2D eigenvalue weighted by Gasteiger charge is 2.12. The highest BCUT2D eigenvalue weighted by molar-refractivity contribution is 6.35. The standard InChI is InChI=1S/C14H12ClNO/c1-9-8-10(6-7-13(9)16)14(17)11-4-2-3-5-12(11)15/h2-8H,16H2,1H3. The zero-order valence-corrected chi connectivity index (χ0v) is 10.2. The van der Waals surface area contributed by atoms with Gasteiger partial charge in [0.2, 0.25) is 0 Å². The molecule has 0 unspecified atom stereocenters. The van der Waals surface area contributed by atoms with Crippen molar-refractivity contribution in [1.82, 2.24) is 0 Å². The molecule has 2 aromatic rings. The van der Waals surface area contributed by atoms with Crippen LogP contribution in [0.15, 0.2) is 42.5 Å². The van der Waals surface area contributed by atoms with Crippen molar-refractivity contribution in [3.05, 3.63) is 64.2 Å². The molecular formula is C14H12ClNO. The van der Waals surface area contributed by atoms with Gasteiger partial charge in [-0.05, 0) is 42.8 Å². The van der Waals surface area contributed by atoms with Crippen molar-refractivity contribution in [3.8, 4) is 0 Å². The van der Waals surface area contributed by atoms with E-state index in [1.54, 1.807) is 42.5 Å². The Kier molecular flexibility index (Phi) is 3.16. The van der Waals surface area contributed by atoms with E-state index in [1.165, 1.54) is 0 Å². The predicted molar refractivity (Wildman–Crippen MR) is 70.5 cm³/mol. The van der Waals surface area contributed by atoms with Gasteiger partial charge in [0.05, 0.1) is 5.02 Å². The van der Waals surface area contributed by atoms with Crippen LogP contribution in [0.25, 0.3) is 0 Å². The summed E-state index contributed by atoms with van der Waals surface area (Å²) in [5, 5.41) is 0.465. The number of ketones is 1. The normalized spacial score (nSPS) is 10.2. The summed E-state index contributed by atoms with van der Waals surface area (Å²) in [6, 6.07) is 12.3. The van der Waals surface area contributed by atoms with E-state index in [0.717, 1.165) is 5.56 Å². The van der Waals surface area contributed by atoms with Crippen LogP contribution >= 0.6 is 11.6 Å². The number of carbonyl (C=O) groups excluding carboxylic acids is 1. The first-order valence-corrected chi connectivity index (χ1v) is 5.63. The molecule has 0 heterocycles. The number of aryl methyl sites for hydroxylation is 1. The summed E-state index contributed by atoms with van der Waals surface area (Å²) >= 11 is 5.99. The molecule has 86 valence electrons. The molecule has 2 nitrogen and oxygen atoms in total. The van der Waals surface area contributed by atoms with Gasteiger partial charge < -0.3 is 5.73 Å². The molecule has 2 rings (SSSR count). The second-order valence-electron chi connectivity index (χ2n) is 3.88. The Labute approximate surface area is 105 Å². The first-order valence-electron chi connectivity index (χ1n) is 5.25. The van der Waals surface area contributed by atoms with Crippen LogP contribution in [-0.4, -0.2) is 5.78 Å². The van der Waals surface area contributed by atoms with Crippen molar-refractivity contribution in [1.29, 1.82) is 0 Å². The number of hydrogen-bond acceptors (Lipinski definition) is 2. The quantitative estimate of drug-likeness (QED) is 0.650. The maximum atomic E-state index is 12.2. The van der Waals surface area contributed by atoms with Gasteiger partial charge in [-0.25, -0.2) is 0 Å². The molecule has 0 aliphatic carbocycles. The van der Waals surface area contributed by atoms with Crippen molar-refractivity contribution in [2.24, 2.45) is 0 Å². The van der Waals surface area contributed by atoms with Crippen molar-refractivity contribution in [2.45, 2.75) is 6.92 Å². The van der Waals surface area contributed by atoms with E-state index in [0.29, 0.717) is 21.8 Å². The fourth-order valence-electron chi connectivity index (χ4n) is 1.62. The first-order chi connectivity index (χ1) is 8.09. The topological polar surface area (TPSA) is 43.1 Å². The summed E-state index contributed by atoms with van der Waals surface area (Å²) in [5.41, 5.74) is 8.41. The van der Waals surface area contributed by atoms with Crippen molar-refractivity contribution in [3.63, 3.8) is 0 Å². The number of rotatable bonds is 2. The lowest BCUT2D eigenvalue weighted by atomic mass is 10.0. The molecule has 0 aromatic heterocycles. The Balaban J connectivity index is 2.44. The maximum absolute atomic E-state index is 12.2. The van der Waals surface area contributed by atoms with Gasteiger partial charge in [-0.3, -0.25) is 4.79 Å². The van der Waals surface area contributed by atoms with Crippen LogP contribution in [0.5, 0.6) is 0 Å². The first kappa shape index (κ1) is 11.7. The third-order valence-corrected chi connectivity index (χ3v) is 2.98. The summed E-state index contributed by atoms with van der Waals surface area (Å²) in [7, 11) is 0. The molecule has 2 aromatic carbocycles. The minimum absolute atomic E-state index is 0.0845. The number of hydrogen-bond donors (Lipinski definition) is 1. The summed E-state index contributed by atoms with van der Waals surface area (Å²) in [6.45, 7) is 1.87. The minimum Gasteiger partial charge on any atom is -0.399 e. The SMILES string of the molecule is Cc1cc(C(=O)c2ccccc2Cl)ccc1N. The minimum atomic E-state index is -0.0845. The third-order valence-electron chi connectivity index (χ3n) is 2.65. The Hall–Kier alpha value is -1.80. The van der Waals surface area contributed by atoms with Crippen LogP contribution in [-0.2, 0) is 0 Å². The molecule has 0 radical (unpaired) electrons. The highest BCUT2D eigenvalue weighted by atomic mass is 35.5. The number of nitrogen functional groups attached to an aromatic ring is 1. The summed E-state index contributed by atoms with van der Waals surface area (Å²) in [6.07, 6.45) is 0. The molecule has 2 N–H and O–H groups in total. The monoisotopic (exact) mass is 245 g/mol. The number of carbonyl (C=O) groups is 1. The predicted octanol–water partition coefficient (Wildman–Crippen LogP) is 3.46. The molecule has 0 amide bonds. The average Bonchev–Trinajstić information content (AvgIpc) is 2.32. The fraction of sp³-hybridized carbons (Fsp3) is 0.0714. The van der Waals surface area contributed by atoms with Gasteiger partial charge in [-0.15, -0.1) is 0 Å². The van der Waals surface area contributed by atoms with Crippen LogP contribution in [0.3, 0.4) is 0 Å². The van der Waals surface area contributed by atoms with Crippen LogP contribution in [0.1, 0.15) is 21.5 Å². The molecular weight excluding hydrogens is 234 g/mol. The van der Waals surface area contributed by atoms with Gasteiger partial charge in [-0.1, -0.05) is 23.7 Å². The van der Waals surface area contributed by atoms with E-state index in [9.17, 15) is 4.79 Å². The molecule has 0 aliphatic heterocycles. The molecule has 0 aliphatic rings. The van der Waals surface area contributed by atoms with Crippen LogP contribution < -0.4 is 5.73 Å². The summed E-state index contributed by atoms with van der Waals surface area (Å²) in [5.74, 6) is -0.0845. The van der Waals surface area contributed by atoms with Crippen molar-refractivity contribution in [2.75, 3.05) is 5.73 Å². The van der Waals surface area contributed by atoms with Gasteiger partial charge in [0, 0.05) is 16.8 Å². The van der Waals surface area contributed by atoms with Gasteiger partial charge in [0.1, 0.15) is 0 Å². The maximum Gasteiger partial charge on any atom is 0.194 e. The summed E-state index contributed by atoms with van der Waals surface area (Å²) in [4.78, 5) is 12.2. The van der Waals surface area contributed by atoms with Gasteiger partial charge in [0.25, 0.3) is 0 Å². The smallest absolute Gasteiger partial charge is 0.194 e. The van der Waals surface area contributed by atoms with Gasteiger partial charge >= 0.3 is 0 Å². The Morgan fingerprint density at radius 2 is 1.88 bits per heavy atom. The van der Waals surface area contributed by atoms with E-state index >= 15 is 0 Å². The molecule has 0 fully saturated rings. The second-order valence-corrected chi connectivity index (χ2v) is 4.29. The lowest BCUT2D eigenvalue weighted by Crippen LogP contribution is -2.03. The van der Waals surface area contributed by atoms with Crippen LogP contribution in [0, 0.1) is 6.92 Å². The van der Waals surface area contributed by atoms with Gasteiger partial charge in [0.15, 0.2) is 5.78 Å². The molecule has 3 heteroatoms. The lowest BCUT2D eigenvalue weighted by molar-refractivity contribution is 0.103. The molecule has 0 saturated carbocycles. The van der Waals surface area contributed by atoms with Crippen molar-refractivity contribution < 1.29 is 4.79 Å². The lowest BCUT2D eigenvalue weighted by Gasteiger charge is -2.06. The van der Waals surface area contributed by atoms with Crippen molar-refractivity contribution >= 4 is 23.1 Å². The largest absolute Gasteiger partial charge is 0.399 e. The third kappa shape index (κ3) is 2.32. The van der Waals surface area contributed by atoms with Crippen LogP contribution in [0.4, 0.5) is 5.69 Å². The zero-order chi connectivity index (χ0) is 12.4. The number of anilines is 1. The van der Waals surface area contributed by atoms with Crippen LogP contribution in [0.2, 0.25) is 5.02 Å². The second kappa shape index (κ2) is 4.60. The number of nitrogens with two attached hydrogens (primary N) is 1. The van der Waals surface area contributed by atoms with E-state index in [-0.39, 0.29) is 5.78 Å². The van der Waals surface area contributed by atoms with E-state index in [4.69, 9.17) is 17.3 Å². The van der Waals surface area contributed by atoms with E-state index < -0.39 is 0 Å². The highest BCUT2D eigenvalue weighted by Crippen LogP contribution is 2.21. The molecule has 17 heavy (non-hydrogen) atoms. The molecule has 0 spiro atoms. The Morgan fingerprint density at radius 1 is 1.18 bits per heavy atom. The molecule has 0 bridgehead atoms. The Morgan fingerprint density at radius 3 is 2.53 bits per heavy atom. The Bertz CT molecular complexity index is 578. The summed E-state index contributed by atoms with van der Waals surface area (Å²) < 4.78 is 0. The molecule has 0 atom stereocenters. The number of halogens is 1. The van der Waals surface area contributed by atoms with E-state index in [1.807, 2.05) is 6.92 Å². The fourth-order valence-corrected chi connectivity index (χ4v) is 1.84. The number of benzene rings is 2. The zero-order valence-electron chi connectivity index (χ0n) is 9.41. The van der Waals surface area contributed by atoms with Gasteiger partial charge in [-0.2, -0.15) is 0 Å². The molecule has 0 saturated heterocycles. The van der Waals surface area contributed by atoms with E-state index in [2.05, 4.69) is 0 Å².